The van der Waals surface area contributed by atoms with Crippen LogP contribution in [0.5, 0.6) is 0 Å². The maximum Gasteiger partial charge on any atom is 0.338 e. The van der Waals surface area contributed by atoms with Gasteiger partial charge in [-0.1, -0.05) is 28.1 Å². The van der Waals surface area contributed by atoms with Gasteiger partial charge in [0.1, 0.15) is 0 Å². The van der Waals surface area contributed by atoms with Crippen molar-refractivity contribution in [2.24, 2.45) is 0 Å². The van der Waals surface area contributed by atoms with Gasteiger partial charge in [-0.25, -0.2) is 4.79 Å². The van der Waals surface area contributed by atoms with Gasteiger partial charge in [-0.3, -0.25) is 0 Å². The molecule has 0 heterocycles. The lowest BCUT2D eigenvalue weighted by Crippen LogP contribution is -2.05. The van der Waals surface area contributed by atoms with Crippen molar-refractivity contribution in [3.8, 4) is 0 Å². The van der Waals surface area contributed by atoms with Gasteiger partial charge in [-0.15, -0.1) is 0 Å². The molecule has 80 valence electrons. The second-order valence-electron chi connectivity index (χ2n) is 3.13. The van der Waals surface area contributed by atoms with Crippen LogP contribution in [0, 0.1) is 6.92 Å². The summed E-state index contributed by atoms with van der Waals surface area (Å²) in [5, 5.41) is 0. The summed E-state index contributed by atoms with van der Waals surface area (Å²) in [4.78, 5) is 11.5. The number of methoxy groups -OCH3 is 1. The van der Waals surface area contributed by atoms with E-state index in [2.05, 4.69) is 15.9 Å². The van der Waals surface area contributed by atoms with Crippen LogP contribution >= 0.6 is 15.9 Å². The maximum absolute atomic E-state index is 11.5. The monoisotopic (exact) mass is 268 g/mol. The number of halogens is 1. The van der Waals surface area contributed by atoms with Crippen molar-refractivity contribution in [1.29, 1.82) is 0 Å². The topological polar surface area (TPSA) is 26.3 Å². The van der Waals surface area contributed by atoms with Crippen LogP contribution < -0.4 is 0 Å². The fourth-order valence-electron chi connectivity index (χ4n) is 1.37. The molecule has 0 aliphatic heterocycles. The molecule has 3 heteroatoms. The molecule has 0 atom stereocenters. The summed E-state index contributed by atoms with van der Waals surface area (Å²) in [6, 6.07) is 3.62. The van der Waals surface area contributed by atoms with Gasteiger partial charge < -0.3 is 4.74 Å². The van der Waals surface area contributed by atoms with E-state index in [1.54, 1.807) is 6.07 Å². The molecule has 0 aliphatic carbocycles. The van der Waals surface area contributed by atoms with Gasteiger partial charge in [-0.2, -0.15) is 0 Å². The number of esters is 1. The van der Waals surface area contributed by atoms with Crippen molar-refractivity contribution in [2.45, 2.75) is 13.8 Å². The smallest absolute Gasteiger partial charge is 0.338 e. The Labute approximate surface area is 98.1 Å². The minimum absolute atomic E-state index is 0.307. The van der Waals surface area contributed by atoms with Gasteiger partial charge in [0.05, 0.1) is 12.7 Å². The molecular weight excluding hydrogens is 256 g/mol. The zero-order valence-electron chi connectivity index (χ0n) is 9.00. The molecule has 15 heavy (non-hydrogen) atoms. The predicted molar refractivity (Wildman–Crippen MR) is 64.9 cm³/mol. The molecule has 0 saturated heterocycles. The summed E-state index contributed by atoms with van der Waals surface area (Å²) < 4.78 is 5.72. The Kier molecular flexibility index (Phi) is 4.09. The molecule has 0 unspecified atom stereocenters. The first-order chi connectivity index (χ1) is 7.11. The van der Waals surface area contributed by atoms with Crippen molar-refractivity contribution in [3.05, 3.63) is 39.4 Å². The summed E-state index contributed by atoms with van der Waals surface area (Å²) in [7, 11) is 1.39. The number of ether oxygens (including phenoxy) is 1. The van der Waals surface area contributed by atoms with Gasteiger partial charge in [0.25, 0.3) is 0 Å². The van der Waals surface area contributed by atoms with Gasteiger partial charge in [0, 0.05) is 4.47 Å². The van der Waals surface area contributed by atoms with Crippen molar-refractivity contribution in [2.75, 3.05) is 7.11 Å². The molecule has 0 fully saturated rings. The van der Waals surface area contributed by atoms with E-state index < -0.39 is 0 Å². The van der Waals surface area contributed by atoms with Crippen LogP contribution in [0.1, 0.15) is 28.4 Å². The van der Waals surface area contributed by atoms with Crippen LogP contribution in [0.15, 0.2) is 22.7 Å². The highest BCUT2D eigenvalue weighted by molar-refractivity contribution is 9.10. The van der Waals surface area contributed by atoms with Gasteiger partial charge >= 0.3 is 5.97 Å². The highest BCUT2D eigenvalue weighted by atomic mass is 79.9. The van der Waals surface area contributed by atoms with Crippen molar-refractivity contribution in [1.82, 2.24) is 0 Å². The first-order valence-electron chi connectivity index (χ1n) is 4.62. The summed E-state index contributed by atoms with van der Waals surface area (Å²) in [5.74, 6) is -0.307. The van der Waals surface area contributed by atoms with E-state index in [-0.39, 0.29) is 5.97 Å². The zero-order chi connectivity index (χ0) is 11.4. The van der Waals surface area contributed by atoms with Gasteiger partial charge in [0.15, 0.2) is 0 Å². The molecule has 0 aliphatic rings. The molecule has 0 aromatic heterocycles. The first-order valence-corrected chi connectivity index (χ1v) is 5.41. The van der Waals surface area contributed by atoms with E-state index in [9.17, 15) is 4.79 Å². The average molecular weight is 269 g/mol. The molecule has 0 spiro atoms. The number of carbonyl (C=O) groups excluding carboxylic acids is 1. The standard InChI is InChI=1S/C12H13BrO2/c1-4-5-9-8(2)11(13)7-6-10(9)12(14)15-3/h4-7H,1-3H3. The quantitative estimate of drug-likeness (QED) is 0.767. The van der Waals surface area contributed by atoms with E-state index in [4.69, 9.17) is 4.74 Å². The summed E-state index contributed by atoms with van der Waals surface area (Å²) in [5.41, 5.74) is 2.53. The minimum atomic E-state index is -0.307. The lowest BCUT2D eigenvalue weighted by atomic mass is 10.0. The third kappa shape index (κ3) is 2.48. The van der Waals surface area contributed by atoms with Gasteiger partial charge in [0.2, 0.25) is 0 Å². The van der Waals surface area contributed by atoms with E-state index >= 15 is 0 Å². The second kappa shape index (κ2) is 5.12. The molecule has 1 aromatic rings. The maximum atomic E-state index is 11.5. The van der Waals surface area contributed by atoms with Crippen LogP contribution in [0.25, 0.3) is 6.08 Å². The predicted octanol–water partition coefficient (Wildman–Crippen LogP) is 3.58. The fourth-order valence-corrected chi connectivity index (χ4v) is 1.72. The number of benzene rings is 1. The Bertz CT molecular complexity index is 408. The number of carbonyl (C=O) groups is 1. The van der Waals surface area contributed by atoms with Crippen LogP contribution in [0.2, 0.25) is 0 Å². The molecular formula is C12H13BrO2. The Balaban J connectivity index is 3.39. The van der Waals surface area contributed by atoms with Gasteiger partial charge in [-0.05, 0) is 37.1 Å². The van der Waals surface area contributed by atoms with Crippen LogP contribution in [-0.4, -0.2) is 13.1 Å². The lowest BCUT2D eigenvalue weighted by molar-refractivity contribution is 0.0600. The second-order valence-corrected chi connectivity index (χ2v) is 3.98. The molecule has 2 nitrogen and oxygen atoms in total. The van der Waals surface area contributed by atoms with E-state index in [1.165, 1.54) is 7.11 Å². The van der Waals surface area contributed by atoms with Crippen molar-refractivity contribution >= 4 is 28.0 Å². The minimum Gasteiger partial charge on any atom is -0.465 e. The van der Waals surface area contributed by atoms with E-state index in [0.717, 1.165) is 15.6 Å². The first kappa shape index (κ1) is 12.0. The van der Waals surface area contributed by atoms with Crippen LogP contribution in [0.4, 0.5) is 0 Å². The molecule has 0 N–H and O–H groups in total. The number of allylic oxidation sites excluding steroid dienone is 1. The highest BCUT2D eigenvalue weighted by Gasteiger charge is 2.13. The highest BCUT2D eigenvalue weighted by Crippen LogP contribution is 2.24. The van der Waals surface area contributed by atoms with Crippen LogP contribution in [0.3, 0.4) is 0 Å². The summed E-state index contributed by atoms with van der Waals surface area (Å²) in [6.45, 7) is 3.88. The molecule has 0 amide bonds. The number of rotatable bonds is 2. The number of hydrogen-bond acceptors (Lipinski definition) is 2. The van der Waals surface area contributed by atoms with Crippen molar-refractivity contribution < 1.29 is 9.53 Å². The van der Waals surface area contributed by atoms with Crippen LogP contribution in [-0.2, 0) is 4.74 Å². The van der Waals surface area contributed by atoms with Crippen molar-refractivity contribution in [3.63, 3.8) is 0 Å². The normalized spacial score (nSPS) is 10.7. The number of hydrogen-bond donors (Lipinski definition) is 0. The summed E-state index contributed by atoms with van der Waals surface area (Å²) >= 11 is 3.44. The third-order valence-electron chi connectivity index (χ3n) is 2.19. The zero-order valence-corrected chi connectivity index (χ0v) is 10.6. The lowest BCUT2D eigenvalue weighted by Gasteiger charge is -2.09. The molecule has 1 aromatic carbocycles. The Morgan fingerprint density at radius 3 is 2.67 bits per heavy atom. The largest absolute Gasteiger partial charge is 0.465 e. The third-order valence-corrected chi connectivity index (χ3v) is 3.05. The molecule has 0 bridgehead atoms. The average Bonchev–Trinajstić information content (AvgIpc) is 2.24. The van der Waals surface area contributed by atoms with E-state index in [0.29, 0.717) is 5.56 Å². The Morgan fingerprint density at radius 2 is 2.13 bits per heavy atom. The summed E-state index contributed by atoms with van der Waals surface area (Å²) in [6.07, 6.45) is 3.81. The Hall–Kier alpha value is -1.09. The Morgan fingerprint density at radius 1 is 1.47 bits per heavy atom. The molecule has 0 radical (unpaired) electrons. The SMILES string of the molecule is CC=Cc1c(C(=O)OC)ccc(Br)c1C. The fraction of sp³-hybridized carbons (Fsp3) is 0.250. The molecule has 1 rings (SSSR count). The molecule has 0 saturated carbocycles. The van der Waals surface area contributed by atoms with E-state index in [1.807, 2.05) is 32.1 Å².